The number of rotatable bonds is 20. The minimum Gasteiger partial charge on any atom is -0.495 e. The number of carbonyl (C=O) groups excluding carboxylic acids is 2. The van der Waals surface area contributed by atoms with Crippen LogP contribution in [-0.4, -0.2) is 87.5 Å². The van der Waals surface area contributed by atoms with Gasteiger partial charge in [0.05, 0.1) is 24.6 Å². The predicted octanol–water partition coefficient (Wildman–Crippen LogP) is 9.19. The Kier molecular flexibility index (Phi) is 21.2. The Morgan fingerprint density at radius 1 is 1.08 bits per heavy atom. The number of aliphatic imine (C=N–C) groups is 1. The lowest BCUT2D eigenvalue weighted by molar-refractivity contribution is -0.108. The van der Waals surface area contributed by atoms with Gasteiger partial charge in [0.2, 0.25) is 0 Å². The summed E-state index contributed by atoms with van der Waals surface area (Å²) < 4.78 is 5.45. The van der Waals surface area contributed by atoms with Crippen molar-refractivity contribution in [1.82, 2.24) is 20.1 Å². The van der Waals surface area contributed by atoms with Crippen LogP contribution >= 0.6 is 0 Å². The van der Waals surface area contributed by atoms with Crippen molar-refractivity contribution in [3.8, 4) is 0 Å². The lowest BCUT2D eigenvalue weighted by Crippen LogP contribution is -2.34. The third-order valence-electron chi connectivity index (χ3n) is 9.54. The van der Waals surface area contributed by atoms with Gasteiger partial charge in [-0.3, -0.25) is 9.79 Å². The Bertz CT molecular complexity index is 1500. The van der Waals surface area contributed by atoms with Crippen molar-refractivity contribution in [2.75, 3.05) is 59.2 Å². The maximum absolute atomic E-state index is 12.3. The summed E-state index contributed by atoms with van der Waals surface area (Å²) in [6.07, 6.45) is 18.0. The normalized spacial score (nSPS) is 14.7. The summed E-state index contributed by atoms with van der Waals surface area (Å²) in [5.41, 5.74) is 7.34. The van der Waals surface area contributed by atoms with E-state index in [0.29, 0.717) is 29.4 Å². The van der Waals surface area contributed by atoms with E-state index in [1.54, 1.807) is 25.7 Å². The number of likely N-dealkylation sites (tertiary alicyclic amines) is 1. The van der Waals surface area contributed by atoms with Crippen molar-refractivity contribution in [3.05, 3.63) is 75.9 Å². The van der Waals surface area contributed by atoms with E-state index >= 15 is 0 Å². The molecule has 0 radical (unpaired) electrons. The summed E-state index contributed by atoms with van der Waals surface area (Å²) in [5.74, 6) is 1.73. The summed E-state index contributed by atoms with van der Waals surface area (Å²) >= 11 is 0. The molecule has 0 unspecified atom stereocenters. The van der Waals surface area contributed by atoms with E-state index in [2.05, 4.69) is 78.4 Å². The number of benzene rings is 1. The minimum absolute atomic E-state index is 0.481. The number of carbonyl (C=O) groups is 2. The van der Waals surface area contributed by atoms with Crippen molar-refractivity contribution in [2.24, 2.45) is 4.99 Å². The molecule has 3 rings (SSSR count). The molecule has 1 fully saturated rings. The van der Waals surface area contributed by atoms with Crippen molar-refractivity contribution >= 4 is 41.9 Å². The summed E-state index contributed by atoms with van der Waals surface area (Å²) in [6, 6.07) is 8.27. The second kappa shape index (κ2) is 25.0. The molecule has 0 amide bonds. The van der Waals surface area contributed by atoms with Crippen LogP contribution in [0.4, 0.5) is 11.5 Å². The number of pyridine rings is 1. The smallest absolute Gasteiger partial charge is 0.154 e. The third kappa shape index (κ3) is 14.9. The molecule has 2 heterocycles. The predicted molar refractivity (Wildman–Crippen MR) is 221 cm³/mol. The molecule has 0 aliphatic carbocycles. The number of piperidine rings is 1. The summed E-state index contributed by atoms with van der Waals surface area (Å²) in [4.78, 5) is 37.1. The number of aromatic nitrogens is 1. The van der Waals surface area contributed by atoms with Crippen molar-refractivity contribution in [3.63, 3.8) is 0 Å². The van der Waals surface area contributed by atoms with Crippen LogP contribution < -0.4 is 10.6 Å². The molecule has 286 valence electrons. The molecule has 1 aromatic carbocycles. The molecule has 1 aromatic heterocycles. The van der Waals surface area contributed by atoms with E-state index in [4.69, 9.17) is 9.72 Å². The van der Waals surface area contributed by atoms with Crippen molar-refractivity contribution in [2.45, 2.75) is 98.8 Å². The molecule has 2 N–H and O–H groups in total. The van der Waals surface area contributed by atoms with Crippen LogP contribution in [0.5, 0.6) is 0 Å². The zero-order chi connectivity index (χ0) is 38.3. The lowest BCUT2D eigenvalue weighted by Gasteiger charge is -2.32. The zero-order valence-electron chi connectivity index (χ0n) is 33.6. The maximum Gasteiger partial charge on any atom is 0.154 e. The first-order valence-electron chi connectivity index (χ1n) is 19.2. The van der Waals surface area contributed by atoms with Gasteiger partial charge in [0.15, 0.2) is 6.29 Å². The van der Waals surface area contributed by atoms with Gasteiger partial charge in [0, 0.05) is 31.9 Å². The average molecular weight is 715 g/mol. The van der Waals surface area contributed by atoms with Crippen LogP contribution in [0.3, 0.4) is 0 Å². The summed E-state index contributed by atoms with van der Waals surface area (Å²) in [5, 5.41) is 6.41. The standard InChI is InChI=1S/C34H45N5O3.C9H21N/c1-7-24(2)33(42-6)22-36-21-26(4)32-20-28(11-14-35-5)31(23-41)34(38-32)37-29-9-10-30(25(3)19-29)27-12-16-39(17-13-27)15-8-18-40;1-4-6-7-9-10(3)8-5-2/h9-11,14,18-23,27,35H,7-8,12-13,15-17H2,1-6H3,(H,37,38);4-9H2,1-3H3/b14-11-,26-21+,33-24?,36-22?;. The number of allylic oxidation sites excluding steroid dienone is 3. The quantitative estimate of drug-likeness (QED) is 0.0607. The fourth-order valence-electron chi connectivity index (χ4n) is 6.28. The molecule has 1 aliphatic heterocycles. The maximum atomic E-state index is 12.3. The highest BCUT2D eigenvalue weighted by atomic mass is 16.5. The molecule has 2 aromatic rings. The first kappa shape index (κ1) is 44.1. The number of nitrogens with zero attached hydrogens (tertiary/aromatic N) is 4. The fraction of sp³-hybridized carbons (Fsp3) is 0.535. The van der Waals surface area contributed by atoms with Crippen molar-refractivity contribution < 1.29 is 14.3 Å². The molecule has 9 heteroatoms. The topological polar surface area (TPSA) is 99.2 Å². The number of nitrogens with one attached hydrogen (secondary N) is 2. The number of methoxy groups -OCH3 is 1. The molecule has 0 bridgehead atoms. The number of anilines is 2. The second-order valence-corrected chi connectivity index (χ2v) is 13.7. The van der Waals surface area contributed by atoms with Gasteiger partial charge in [0.1, 0.15) is 17.9 Å². The zero-order valence-corrected chi connectivity index (χ0v) is 33.6. The number of aryl methyl sites for hydroxylation is 1. The number of hydrogen-bond donors (Lipinski definition) is 2. The highest BCUT2D eigenvalue weighted by Crippen LogP contribution is 2.33. The Labute approximate surface area is 314 Å². The highest BCUT2D eigenvalue weighted by molar-refractivity contribution is 5.91. The van der Waals surface area contributed by atoms with Crippen LogP contribution in [0.25, 0.3) is 11.6 Å². The molecule has 0 saturated carbocycles. The Balaban J connectivity index is 0.000000815. The van der Waals surface area contributed by atoms with E-state index in [1.807, 2.05) is 33.0 Å². The molecular formula is C43H66N6O3. The van der Waals surface area contributed by atoms with Gasteiger partial charge in [-0.15, -0.1) is 0 Å². The van der Waals surface area contributed by atoms with Gasteiger partial charge in [-0.05, 0) is 150 Å². The fourth-order valence-corrected chi connectivity index (χ4v) is 6.28. The van der Waals surface area contributed by atoms with Crippen LogP contribution in [0.15, 0.2) is 53.0 Å². The Hall–Kier alpha value is -4.08. The number of unbranched alkanes of at least 4 members (excludes halogenated alkanes) is 2. The molecule has 52 heavy (non-hydrogen) atoms. The van der Waals surface area contributed by atoms with E-state index in [0.717, 1.165) is 79.6 Å². The molecule has 1 aliphatic rings. The minimum atomic E-state index is 0.481. The van der Waals surface area contributed by atoms with E-state index < -0.39 is 0 Å². The molecule has 9 nitrogen and oxygen atoms in total. The monoisotopic (exact) mass is 715 g/mol. The number of hydrogen-bond acceptors (Lipinski definition) is 9. The van der Waals surface area contributed by atoms with Gasteiger partial charge in [-0.2, -0.15) is 0 Å². The number of aldehydes is 2. The van der Waals surface area contributed by atoms with E-state index in [1.165, 1.54) is 49.9 Å². The molecule has 0 spiro atoms. The van der Waals surface area contributed by atoms with Crippen LogP contribution in [0.2, 0.25) is 0 Å². The van der Waals surface area contributed by atoms with Gasteiger partial charge in [0.25, 0.3) is 0 Å². The molecular weight excluding hydrogens is 649 g/mol. The molecule has 0 atom stereocenters. The Morgan fingerprint density at radius 2 is 1.83 bits per heavy atom. The first-order chi connectivity index (χ1) is 25.1. The average Bonchev–Trinajstić information content (AvgIpc) is 3.15. The highest BCUT2D eigenvalue weighted by Gasteiger charge is 2.22. The summed E-state index contributed by atoms with van der Waals surface area (Å²) in [7, 11) is 5.67. The van der Waals surface area contributed by atoms with Gasteiger partial charge < -0.3 is 30.0 Å². The lowest BCUT2D eigenvalue weighted by atomic mass is 9.86. The van der Waals surface area contributed by atoms with E-state index in [9.17, 15) is 9.59 Å². The van der Waals surface area contributed by atoms with Crippen LogP contribution in [0.1, 0.15) is 125 Å². The first-order valence-corrected chi connectivity index (χ1v) is 19.2. The van der Waals surface area contributed by atoms with Gasteiger partial charge in [-0.25, -0.2) is 4.98 Å². The number of ether oxygens (including phenoxy) is 1. The molecule has 1 saturated heterocycles. The largest absolute Gasteiger partial charge is 0.495 e. The van der Waals surface area contributed by atoms with Gasteiger partial charge >= 0.3 is 0 Å². The van der Waals surface area contributed by atoms with Gasteiger partial charge in [-0.1, -0.05) is 39.7 Å². The summed E-state index contributed by atoms with van der Waals surface area (Å²) in [6.45, 7) is 18.1. The second-order valence-electron chi connectivity index (χ2n) is 13.7. The van der Waals surface area contributed by atoms with E-state index in [-0.39, 0.29) is 0 Å². The van der Waals surface area contributed by atoms with Crippen LogP contribution in [-0.2, 0) is 9.53 Å². The SMILES string of the molecule is CCC(C)=C(C=N/C=C(\C)c1cc(/C=C\NC)c(C=O)c(Nc2ccc(C3CCN(CCC=O)CC3)c(C)c2)n1)OC.CCCCCN(C)CCC. The van der Waals surface area contributed by atoms with Crippen LogP contribution in [0, 0.1) is 6.92 Å². The third-order valence-corrected chi connectivity index (χ3v) is 9.54. The Morgan fingerprint density at radius 3 is 2.42 bits per heavy atom. The van der Waals surface area contributed by atoms with Crippen molar-refractivity contribution in [1.29, 1.82) is 0 Å².